The number of rotatable bonds is 14. The first-order valence-electron chi connectivity index (χ1n) is 8.49. The molecule has 1 heterocycles. The predicted molar refractivity (Wildman–Crippen MR) is 87.1 cm³/mol. The zero-order chi connectivity index (χ0) is 17.3. The fourth-order valence-corrected chi connectivity index (χ4v) is 6.04. The molecule has 3 atom stereocenters. The Morgan fingerprint density at radius 2 is 1.65 bits per heavy atom. The molecule has 1 aliphatic rings. The van der Waals surface area contributed by atoms with Gasteiger partial charge >= 0.3 is 8.80 Å². The van der Waals surface area contributed by atoms with Gasteiger partial charge in [-0.1, -0.05) is 6.92 Å². The van der Waals surface area contributed by atoms with Crippen LogP contribution >= 0.6 is 0 Å². The van der Waals surface area contributed by atoms with Gasteiger partial charge in [0.1, 0.15) is 11.3 Å². The minimum absolute atomic E-state index is 0.000959. The number of epoxide rings is 1. The van der Waals surface area contributed by atoms with Gasteiger partial charge in [-0.2, -0.15) is 0 Å². The number of hydrogen-bond acceptors (Lipinski definition) is 7. The van der Waals surface area contributed by atoms with E-state index in [0.29, 0.717) is 39.3 Å². The van der Waals surface area contributed by atoms with Crippen molar-refractivity contribution in [3.05, 3.63) is 0 Å². The summed E-state index contributed by atoms with van der Waals surface area (Å²) >= 11 is 0. The predicted octanol–water partition coefficient (Wildman–Crippen LogP) is 0.881. The summed E-state index contributed by atoms with van der Waals surface area (Å²) in [6, 6.07) is 0. The van der Waals surface area contributed by atoms with E-state index in [-0.39, 0.29) is 19.3 Å². The van der Waals surface area contributed by atoms with Gasteiger partial charge in [-0.25, -0.2) is 0 Å². The topological polar surface area (TPSA) is 89.9 Å². The van der Waals surface area contributed by atoms with Crippen LogP contribution in [0, 0.1) is 0 Å². The Balaban J connectivity index is 3.10. The van der Waals surface area contributed by atoms with E-state index in [1.165, 1.54) is 0 Å². The summed E-state index contributed by atoms with van der Waals surface area (Å²) in [6.07, 6.45) is 0.345. The van der Waals surface area contributed by atoms with Crippen LogP contribution in [0.2, 0.25) is 0 Å². The van der Waals surface area contributed by atoms with Crippen molar-refractivity contribution in [3.8, 4) is 0 Å². The third-order valence-electron chi connectivity index (χ3n) is 3.85. The Morgan fingerprint density at radius 1 is 1.13 bits per heavy atom. The van der Waals surface area contributed by atoms with E-state index in [1.807, 2.05) is 27.7 Å². The highest BCUT2D eigenvalue weighted by Crippen LogP contribution is 2.39. The molecule has 0 aromatic rings. The highest BCUT2D eigenvalue weighted by Gasteiger charge is 2.63. The second-order valence-corrected chi connectivity index (χ2v) is 8.40. The molecule has 3 unspecified atom stereocenters. The van der Waals surface area contributed by atoms with Crippen molar-refractivity contribution in [1.82, 2.24) is 0 Å². The van der Waals surface area contributed by atoms with E-state index in [1.54, 1.807) is 0 Å². The molecule has 0 aromatic heterocycles. The van der Waals surface area contributed by atoms with E-state index in [4.69, 9.17) is 27.9 Å². The molecule has 0 bridgehead atoms. The van der Waals surface area contributed by atoms with E-state index < -0.39 is 20.1 Å². The molecule has 23 heavy (non-hydrogen) atoms. The van der Waals surface area contributed by atoms with Gasteiger partial charge in [0.2, 0.25) is 0 Å². The number of aliphatic hydroxyl groups is 2. The molecular weight excluding hydrogens is 320 g/mol. The van der Waals surface area contributed by atoms with Gasteiger partial charge in [0.05, 0.1) is 25.9 Å². The molecule has 1 saturated heterocycles. The first-order valence-corrected chi connectivity index (χ1v) is 10.2. The van der Waals surface area contributed by atoms with Crippen molar-refractivity contribution in [3.63, 3.8) is 0 Å². The van der Waals surface area contributed by atoms with Crippen molar-refractivity contribution in [2.75, 3.05) is 39.6 Å². The molecule has 8 heteroatoms. The van der Waals surface area contributed by atoms with Crippen LogP contribution in [0.15, 0.2) is 0 Å². The first-order chi connectivity index (χ1) is 11.0. The Kier molecular flexibility index (Phi) is 9.17. The maximum Gasteiger partial charge on any atom is 0.534 e. The highest BCUT2D eigenvalue weighted by atomic mass is 28.4. The Bertz CT molecular complexity index is 310. The molecule has 0 aromatic carbocycles. The Morgan fingerprint density at radius 3 is 2.00 bits per heavy atom. The van der Waals surface area contributed by atoms with Gasteiger partial charge in [0.25, 0.3) is 0 Å². The Hall–Kier alpha value is -0.0631. The average Bonchev–Trinajstić information content (AvgIpc) is 3.35. The van der Waals surface area contributed by atoms with E-state index in [9.17, 15) is 5.11 Å². The summed E-state index contributed by atoms with van der Waals surface area (Å²) in [4.78, 5) is 0. The fraction of sp³-hybridized carbons (Fsp3) is 1.00. The van der Waals surface area contributed by atoms with Gasteiger partial charge in [-0.3, -0.25) is 0 Å². The lowest BCUT2D eigenvalue weighted by atomic mass is 10.1. The maximum atomic E-state index is 9.71. The monoisotopic (exact) mass is 352 g/mol. The van der Waals surface area contributed by atoms with Crippen molar-refractivity contribution in [1.29, 1.82) is 0 Å². The summed E-state index contributed by atoms with van der Waals surface area (Å²) in [6.45, 7) is 9.37. The van der Waals surface area contributed by atoms with Crippen LogP contribution in [-0.4, -0.2) is 76.1 Å². The van der Waals surface area contributed by atoms with Crippen molar-refractivity contribution in [2.24, 2.45) is 0 Å². The quantitative estimate of drug-likeness (QED) is 0.354. The van der Waals surface area contributed by atoms with Gasteiger partial charge < -0.3 is 33.0 Å². The van der Waals surface area contributed by atoms with Crippen LogP contribution < -0.4 is 0 Å². The second-order valence-electron chi connectivity index (χ2n) is 5.51. The van der Waals surface area contributed by atoms with E-state index in [2.05, 4.69) is 0 Å². The highest BCUT2D eigenvalue weighted by molar-refractivity contribution is 6.64. The molecular formula is C15H32O7Si. The Labute approximate surface area is 140 Å². The van der Waals surface area contributed by atoms with Crippen molar-refractivity contribution in [2.45, 2.75) is 58.0 Å². The minimum Gasteiger partial charge on any atom is -0.394 e. The maximum absolute atomic E-state index is 9.71. The van der Waals surface area contributed by atoms with Crippen LogP contribution in [0.3, 0.4) is 0 Å². The molecule has 1 fully saturated rings. The molecule has 1 rings (SSSR count). The lowest BCUT2D eigenvalue weighted by molar-refractivity contribution is -0.106. The number of hydrogen-bond donors (Lipinski definition) is 2. The molecule has 0 amide bonds. The largest absolute Gasteiger partial charge is 0.534 e. The molecule has 7 nitrogen and oxygen atoms in total. The lowest BCUT2D eigenvalue weighted by Gasteiger charge is -2.44. The van der Waals surface area contributed by atoms with Gasteiger partial charge in [-0.05, 0) is 27.2 Å². The molecule has 0 spiro atoms. The van der Waals surface area contributed by atoms with E-state index in [0.717, 1.165) is 0 Å². The third-order valence-corrected chi connectivity index (χ3v) is 7.68. The van der Waals surface area contributed by atoms with Gasteiger partial charge in [0, 0.05) is 26.2 Å². The normalized spacial score (nSPS) is 21.9. The van der Waals surface area contributed by atoms with Crippen LogP contribution in [0.25, 0.3) is 0 Å². The number of ether oxygens (including phenoxy) is 2. The minimum atomic E-state index is -3.17. The molecule has 2 N–H and O–H groups in total. The van der Waals surface area contributed by atoms with Crippen LogP contribution in [-0.2, 0) is 22.8 Å². The lowest BCUT2D eigenvalue weighted by Crippen LogP contribution is -2.67. The fourth-order valence-electron chi connectivity index (χ4n) is 2.69. The molecule has 138 valence electrons. The van der Waals surface area contributed by atoms with Crippen LogP contribution in [0.4, 0.5) is 0 Å². The van der Waals surface area contributed by atoms with Gasteiger partial charge in [-0.15, -0.1) is 0 Å². The van der Waals surface area contributed by atoms with Crippen molar-refractivity contribution < 1.29 is 33.0 Å². The van der Waals surface area contributed by atoms with Gasteiger partial charge in [0.15, 0.2) is 0 Å². The first kappa shape index (κ1) is 21.0. The zero-order valence-corrected chi connectivity index (χ0v) is 15.7. The molecule has 0 aliphatic carbocycles. The SMILES string of the molecule is CCO[Si](OCC)(OCC)C(CC)(CC1CO1)OCC(O)CO. The van der Waals surface area contributed by atoms with Crippen LogP contribution in [0.1, 0.15) is 40.5 Å². The molecule has 0 saturated carbocycles. The smallest absolute Gasteiger partial charge is 0.394 e. The average molecular weight is 353 g/mol. The molecule has 0 radical (unpaired) electrons. The number of aliphatic hydroxyl groups excluding tert-OH is 2. The van der Waals surface area contributed by atoms with E-state index >= 15 is 0 Å². The summed E-state index contributed by atoms with van der Waals surface area (Å²) in [5.41, 5.74) is 0. The zero-order valence-electron chi connectivity index (χ0n) is 14.7. The summed E-state index contributed by atoms with van der Waals surface area (Å²) in [5, 5.41) is 18.0. The summed E-state index contributed by atoms with van der Waals surface area (Å²) in [7, 11) is -3.17. The third kappa shape index (κ3) is 5.47. The standard InChI is InChI=1S/C15H32O7Si/c1-5-15(9-14-12-18-14,19-11-13(17)10-16)23(20-6-2,21-7-3)22-8-4/h13-14,16-17H,5-12H2,1-4H3. The summed E-state index contributed by atoms with van der Waals surface area (Å²) in [5.74, 6) is 0. The second kappa shape index (κ2) is 10.0. The van der Waals surface area contributed by atoms with Crippen molar-refractivity contribution >= 4 is 8.80 Å². The molecule has 1 aliphatic heterocycles. The summed E-state index contributed by atoms with van der Waals surface area (Å²) < 4.78 is 29.6. The van der Waals surface area contributed by atoms with Crippen LogP contribution in [0.5, 0.6) is 0 Å².